The third kappa shape index (κ3) is 3.69. The summed E-state index contributed by atoms with van der Waals surface area (Å²) < 4.78 is 1.69. The van der Waals surface area contributed by atoms with Crippen LogP contribution in [0.15, 0.2) is 42.6 Å². The van der Waals surface area contributed by atoms with Crippen LogP contribution in [0.2, 0.25) is 0 Å². The second-order valence-electron chi connectivity index (χ2n) is 8.53. The van der Waals surface area contributed by atoms with Crippen molar-refractivity contribution in [3.05, 3.63) is 53.9 Å². The molecule has 4 nitrogen and oxygen atoms in total. The van der Waals surface area contributed by atoms with Gasteiger partial charge in [-0.3, -0.25) is 9.48 Å². The minimum Gasteiger partial charge on any atom is -0.337 e. The second-order valence-corrected chi connectivity index (χ2v) is 8.53. The van der Waals surface area contributed by atoms with Crippen LogP contribution < -0.4 is 0 Å². The van der Waals surface area contributed by atoms with Crippen LogP contribution in [0.1, 0.15) is 61.0 Å². The molecule has 1 aromatic carbocycles. The largest absolute Gasteiger partial charge is 0.337 e. The molecule has 1 aliphatic carbocycles. The fourth-order valence-corrected chi connectivity index (χ4v) is 4.40. The van der Waals surface area contributed by atoms with Crippen molar-refractivity contribution in [3.8, 4) is 0 Å². The number of rotatable bonds is 5. The van der Waals surface area contributed by atoms with Gasteiger partial charge < -0.3 is 4.90 Å². The van der Waals surface area contributed by atoms with Crippen molar-refractivity contribution in [2.24, 2.45) is 18.4 Å². The SMILES string of the molecule is Cn1ccc(C(=O)N2CCC(C)(CC[C@@H]3CC3c3ccccc3)CC2)n1. The van der Waals surface area contributed by atoms with E-state index in [4.69, 9.17) is 0 Å². The molecule has 0 bridgehead atoms. The lowest BCUT2D eigenvalue weighted by molar-refractivity contribution is 0.0580. The third-order valence-electron chi connectivity index (χ3n) is 6.46. The number of hydrogen-bond acceptors (Lipinski definition) is 2. The van der Waals surface area contributed by atoms with Crippen molar-refractivity contribution in [3.63, 3.8) is 0 Å². The number of nitrogens with zero attached hydrogens (tertiary/aromatic N) is 3. The van der Waals surface area contributed by atoms with Gasteiger partial charge in [0.1, 0.15) is 5.69 Å². The number of piperidine rings is 1. The van der Waals surface area contributed by atoms with Crippen LogP contribution in [0.3, 0.4) is 0 Å². The molecule has 26 heavy (non-hydrogen) atoms. The van der Waals surface area contributed by atoms with Gasteiger partial charge in [-0.1, -0.05) is 37.3 Å². The van der Waals surface area contributed by atoms with Crippen LogP contribution in [0, 0.1) is 11.3 Å². The predicted molar refractivity (Wildman–Crippen MR) is 103 cm³/mol. The van der Waals surface area contributed by atoms with E-state index in [1.54, 1.807) is 4.68 Å². The molecular formula is C22H29N3O. The monoisotopic (exact) mass is 351 g/mol. The number of aromatic nitrogens is 2. The zero-order chi connectivity index (χ0) is 18.1. The molecule has 1 aromatic heterocycles. The molecule has 1 amide bonds. The summed E-state index contributed by atoms with van der Waals surface area (Å²) >= 11 is 0. The number of likely N-dealkylation sites (tertiary alicyclic amines) is 1. The number of hydrogen-bond donors (Lipinski definition) is 0. The summed E-state index contributed by atoms with van der Waals surface area (Å²) in [7, 11) is 1.85. The maximum atomic E-state index is 12.6. The molecule has 2 aromatic rings. The highest BCUT2D eigenvalue weighted by atomic mass is 16.2. The molecule has 2 atom stereocenters. The van der Waals surface area contributed by atoms with Gasteiger partial charge in [0.2, 0.25) is 0 Å². The molecule has 4 heteroatoms. The summed E-state index contributed by atoms with van der Waals surface area (Å²) in [6.45, 7) is 4.13. The van der Waals surface area contributed by atoms with E-state index < -0.39 is 0 Å². The Balaban J connectivity index is 1.25. The maximum absolute atomic E-state index is 12.6. The molecule has 2 fully saturated rings. The normalized spacial score (nSPS) is 24.5. The fourth-order valence-electron chi connectivity index (χ4n) is 4.40. The summed E-state index contributed by atoms with van der Waals surface area (Å²) in [4.78, 5) is 14.5. The zero-order valence-corrected chi connectivity index (χ0v) is 15.9. The molecule has 1 unspecified atom stereocenters. The summed E-state index contributed by atoms with van der Waals surface area (Å²) in [6.07, 6.45) is 8.00. The average molecular weight is 351 g/mol. The predicted octanol–water partition coefficient (Wildman–Crippen LogP) is 4.25. The van der Waals surface area contributed by atoms with E-state index in [0.29, 0.717) is 11.1 Å². The van der Waals surface area contributed by atoms with Crippen molar-refractivity contribution < 1.29 is 4.79 Å². The highest BCUT2D eigenvalue weighted by molar-refractivity contribution is 5.92. The Morgan fingerprint density at radius 2 is 1.92 bits per heavy atom. The summed E-state index contributed by atoms with van der Waals surface area (Å²) in [5, 5.41) is 4.25. The number of aryl methyl sites for hydroxylation is 1. The highest BCUT2D eigenvalue weighted by Crippen LogP contribution is 2.52. The molecule has 138 valence electrons. The Morgan fingerprint density at radius 1 is 1.19 bits per heavy atom. The van der Waals surface area contributed by atoms with E-state index in [2.05, 4.69) is 42.4 Å². The molecule has 2 heterocycles. The molecule has 1 saturated heterocycles. The Morgan fingerprint density at radius 3 is 2.58 bits per heavy atom. The van der Waals surface area contributed by atoms with Crippen molar-refractivity contribution in [2.45, 2.75) is 44.9 Å². The number of benzene rings is 1. The third-order valence-corrected chi connectivity index (χ3v) is 6.46. The molecule has 4 rings (SSSR count). The number of carbonyl (C=O) groups excluding carboxylic acids is 1. The molecule has 2 aliphatic rings. The van der Waals surface area contributed by atoms with Gasteiger partial charge in [0.25, 0.3) is 5.91 Å². The van der Waals surface area contributed by atoms with Crippen LogP contribution in [0.5, 0.6) is 0 Å². The lowest BCUT2D eigenvalue weighted by Crippen LogP contribution is -2.42. The second kappa shape index (κ2) is 6.90. The lowest BCUT2D eigenvalue weighted by Gasteiger charge is -2.39. The maximum Gasteiger partial charge on any atom is 0.274 e. The van der Waals surface area contributed by atoms with Gasteiger partial charge in [0.05, 0.1) is 0 Å². The molecule has 0 N–H and O–H groups in total. The number of amides is 1. The van der Waals surface area contributed by atoms with E-state index in [1.165, 1.54) is 24.8 Å². The van der Waals surface area contributed by atoms with Crippen LogP contribution in [-0.4, -0.2) is 33.7 Å². The Hall–Kier alpha value is -2.10. The Bertz CT molecular complexity index is 759. The first kappa shape index (κ1) is 17.3. The topological polar surface area (TPSA) is 38.1 Å². The van der Waals surface area contributed by atoms with Gasteiger partial charge in [0, 0.05) is 26.3 Å². The van der Waals surface area contributed by atoms with Gasteiger partial charge in [0.15, 0.2) is 0 Å². The summed E-state index contributed by atoms with van der Waals surface area (Å²) in [5.41, 5.74) is 2.46. The van der Waals surface area contributed by atoms with Crippen molar-refractivity contribution in [1.29, 1.82) is 0 Å². The molecule has 1 aliphatic heterocycles. The zero-order valence-electron chi connectivity index (χ0n) is 15.9. The average Bonchev–Trinajstić information content (AvgIpc) is 3.32. The molecule has 1 saturated carbocycles. The molecular weight excluding hydrogens is 322 g/mol. The Labute approximate surface area is 156 Å². The lowest BCUT2D eigenvalue weighted by atomic mass is 9.76. The van der Waals surface area contributed by atoms with E-state index >= 15 is 0 Å². The van der Waals surface area contributed by atoms with Crippen LogP contribution in [-0.2, 0) is 7.05 Å². The van der Waals surface area contributed by atoms with Crippen LogP contribution >= 0.6 is 0 Å². The van der Waals surface area contributed by atoms with Crippen molar-refractivity contribution >= 4 is 5.91 Å². The van der Waals surface area contributed by atoms with E-state index in [0.717, 1.165) is 37.8 Å². The van der Waals surface area contributed by atoms with Gasteiger partial charge in [-0.2, -0.15) is 5.10 Å². The smallest absolute Gasteiger partial charge is 0.274 e. The van der Waals surface area contributed by atoms with Gasteiger partial charge in [-0.25, -0.2) is 0 Å². The van der Waals surface area contributed by atoms with Gasteiger partial charge >= 0.3 is 0 Å². The molecule has 0 radical (unpaired) electrons. The minimum absolute atomic E-state index is 0.0824. The van der Waals surface area contributed by atoms with Gasteiger partial charge in [-0.15, -0.1) is 0 Å². The quantitative estimate of drug-likeness (QED) is 0.808. The molecule has 0 spiro atoms. The standard InChI is InChI=1S/C22H29N3O/c1-22(10-8-18-16-19(18)17-6-4-3-5-7-17)11-14-25(15-12-22)21(26)20-9-13-24(2)23-20/h3-7,9,13,18-19H,8,10-12,14-16H2,1-2H3/t18-,19?/m1/s1. The van der Waals surface area contributed by atoms with E-state index in [-0.39, 0.29) is 5.91 Å². The van der Waals surface area contributed by atoms with Crippen LogP contribution in [0.4, 0.5) is 0 Å². The first-order chi connectivity index (χ1) is 12.5. The van der Waals surface area contributed by atoms with Crippen molar-refractivity contribution in [1.82, 2.24) is 14.7 Å². The fraction of sp³-hybridized carbons (Fsp3) is 0.545. The Kier molecular flexibility index (Phi) is 4.60. The highest BCUT2D eigenvalue weighted by Gasteiger charge is 2.40. The first-order valence-corrected chi connectivity index (χ1v) is 9.88. The van der Waals surface area contributed by atoms with Gasteiger partial charge in [-0.05, 0) is 61.0 Å². The van der Waals surface area contributed by atoms with Crippen molar-refractivity contribution in [2.75, 3.05) is 13.1 Å². The number of carbonyl (C=O) groups is 1. The van der Waals surface area contributed by atoms with Crippen LogP contribution in [0.25, 0.3) is 0 Å². The van der Waals surface area contributed by atoms with E-state index in [9.17, 15) is 4.79 Å². The summed E-state index contributed by atoms with van der Waals surface area (Å²) in [5.74, 6) is 1.73. The minimum atomic E-state index is 0.0824. The first-order valence-electron chi connectivity index (χ1n) is 9.88. The summed E-state index contributed by atoms with van der Waals surface area (Å²) in [6, 6.07) is 12.8. The van der Waals surface area contributed by atoms with E-state index in [1.807, 2.05) is 24.2 Å².